The van der Waals surface area contributed by atoms with Crippen molar-refractivity contribution >= 4 is 5.91 Å². The molecule has 138 valence electrons. The van der Waals surface area contributed by atoms with Crippen LogP contribution in [-0.4, -0.2) is 44.2 Å². The minimum absolute atomic E-state index is 0.0904. The van der Waals surface area contributed by atoms with E-state index in [2.05, 4.69) is 15.1 Å². The Kier molecular flexibility index (Phi) is 4.69. The molecule has 0 saturated carbocycles. The second kappa shape index (κ2) is 7.45. The number of hydrogen-bond donors (Lipinski definition) is 0. The average Bonchev–Trinajstić information content (AvgIpc) is 3.14. The van der Waals surface area contributed by atoms with Crippen molar-refractivity contribution in [1.82, 2.24) is 24.6 Å². The minimum atomic E-state index is -0.0904. The maximum absolute atomic E-state index is 12.8. The lowest BCUT2D eigenvalue weighted by Crippen LogP contribution is -2.40. The monoisotopic (exact) mass is 365 g/mol. The summed E-state index contributed by atoms with van der Waals surface area (Å²) in [4.78, 5) is 23.0. The van der Waals surface area contributed by atoms with Crippen LogP contribution >= 0.6 is 0 Å². The molecule has 0 radical (unpaired) electrons. The molecule has 0 unspecified atom stereocenters. The first-order chi connectivity index (χ1) is 13.2. The highest BCUT2D eigenvalue weighted by molar-refractivity contribution is 5.93. The molecule has 0 N–H and O–H groups in total. The predicted octanol–water partition coefficient (Wildman–Crippen LogP) is 1.92. The number of para-hydroxylation sites is 1. The summed E-state index contributed by atoms with van der Waals surface area (Å²) in [5.74, 6) is 1.11. The minimum Gasteiger partial charge on any atom is -0.487 e. The largest absolute Gasteiger partial charge is 0.487 e. The summed E-state index contributed by atoms with van der Waals surface area (Å²) in [7, 11) is 1.54. The molecule has 0 bridgehead atoms. The van der Waals surface area contributed by atoms with Gasteiger partial charge in [-0.2, -0.15) is 5.10 Å². The first-order valence-electron chi connectivity index (χ1n) is 8.62. The van der Waals surface area contributed by atoms with Crippen LogP contribution in [0.15, 0.2) is 48.8 Å². The summed E-state index contributed by atoms with van der Waals surface area (Å²) in [5, 5.41) is 4.48. The van der Waals surface area contributed by atoms with Crippen LogP contribution in [-0.2, 0) is 19.7 Å². The maximum Gasteiger partial charge on any atom is 0.272 e. The number of carbonyl (C=O) groups excluding carboxylic acids is 1. The fourth-order valence-electron chi connectivity index (χ4n) is 3.00. The molecular weight excluding hydrogens is 346 g/mol. The number of carbonyl (C=O) groups is 1. The van der Waals surface area contributed by atoms with Crippen LogP contribution < -0.4 is 9.47 Å². The number of benzene rings is 1. The molecule has 1 amide bonds. The topological polar surface area (TPSA) is 82.4 Å². The lowest BCUT2D eigenvalue weighted by Gasteiger charge is -2.27. The first kappa shape index (κ1) is 17.0. The number of fused-ring (bicyclic) bond motifs is 1. The molecule has 8 nitrogen and oxygen atoms in total. The Morgan fingerprint density at radius 3 is 2.74 bits per heavy atom. The number of ether oxygens (including phenoxy) is 2. The number of nitrogens with zero attached hydrogens (tertiary/aromatic N) is 5. The normalized spacial score (nSPS) is 13.4. The van der Waals surface area contributed by atoms with E-state index in [1.807, 2.05) is 30.3 Å². The number of aromatic nitrogens is 4. The van der Waals surface area contributed by atoms with E-state index >= 15 is 0 Å². The van der Waals surface area contributed by atoms with Crippen molar-refractivity contribution in [3.8, 4) is 11.6 Å². The van der Waals surface area contributed by atoms with Crippen LogP contribution in [0.2, 0.25) is 0 Å². The molecule has 27 heavy (non-hydrogen) atoms. The van der Waals surface area contributed by atoms with Gasteiger partial charge in [-0.15, -0.1) is 0 Å². The van der Waals surface area contributed by atoms with Gasteiger partial charge >= 0.3 is 0 Å². The van der Waals surface area contributed by atoms with Crippen LogP contribution in [0, 0.1) is 0 Å². The molecule has 0 atom stereocenters. The Bertz CT molecular complexity index is 942. The van der Waals surface area contributed by atoms with Crippen LogP contribution in [0.5, 0.6) is 11.6 Å². The van der Waals surface area contributed by atoms with E-state index < -0.39 is 0 Å². The van der Waals surface area contributed by atoms with E-state index in [0.29, 0.717) is 43.5 Å². The van der Waals surface area contributed by atoms with Gasteiger partial charge in [0.1, 0.15) is 29.4 Å². The average molecular weight is 365 g/mol. The molecule has 2 aromatic heterocycles. The molecule has 8 heteroatoms. The number of methoxy groups -OCH3 is 1. The third-order valence-corrected chi connectivity index (χ3v) is 4.32. The van der Waals surface area contributed by atoms with Crippen molar-refractivity contribution in [1.29, 1.82) is 0 Å². The second-order valence-corrected chi connectivity index (χ2v) is 6.08. The third-order valence-electron chi connectivity index (χ3n) is 4.32. The Balaban J connectivity index is 1.47. The Labute approximate surface area is 156 Å². The molecule has 4 rings (SSSR count). The SMILES string of the molecule is COc1nccnc1CN1CCn2nc(COc3ccccc3)cc2C1=O. The van der Waals surface area contributed by atoms with Gasteiger partial charge in [0.25, 0.3) is 5.91 Å². The molecule has 0 spiro atoms. The molecule has 0 fully saturated rings. The van der Waals surface area contributed by atoms with Gasteiger partial charge in [0.05, 0.1) is 20.2 Å². The van der Waals surface area contributed by atoms with Crippen molar-refractivity contribution < 1.29 is 14.3 Å². The zero-order valence-electron chi connectivity index (χ0n) is 14.9. The van der Waals surface area contributed by atoms with Crippen LogP contribution in [0.4, 0.5) is 0 Å². The summed E-state index contributed by atoms with van der Waals surface area (Å²) in [6.45, 7) is 1.83. The smallest absolute Gasteiger partial charge is 0.272 e. The first-order valence-corrected chi connectivity index (χ1v) is 8.62. The predicted molar refractivity (Wildman–Crippen MR) is 96.3 cm³/mol. The second-order valence-electron chi connectivity index (χ2n) is 6.08. The van der Waals surface area contributed by atoms with E-state index in [0.717, 1.165) is 11.4 Å². The van der Waals surface area contributed by atoms with Crippen LogP contribution in [0.3, 0.4) is 0 Å². The molecule has 1 aromatic carbocycles. The van der Waals surface area contributed by atoms with Gasteiger partial charge in [0, 0.05) is 18.9 Å². The molecular formula is C19H19N5O3. The Morgan fingerprint density at radius 2 is 1.93 bits per heavy atom. The summed E-state index contributed by atoms with van der Waals surface area (Å²) >= 11 is 0. The highest BCUT2D eigenvalue weighted by atomic mass is 16.5. The molecule has 1 aliphatic rings. The Hall–Kier alpha value is -3.42. The summed E-state index contributed by atoms with van der Waals surface area (Å²) in [6.07, 6.45) is 3.16. The van der Waals surface area contributed by atoms with Crippen molar-refractivity contribution in [2.45, 2.75) is 19.7 Å². The molecule has 0 saturated heterocycles. The quantitative estimate of drug-likeness (QED) is 0.664. The summed E-state index contributed by atoms with van der Waals surface area (Å²) in [6, 6.07) is 11.3. The maximum atomic E-state index is 12.8. The molecule has 3 aromatic rings. The van der Waals surface area contributed by atoms with Crippen molar-refractivity contribution in [3.63, 3.8) is 0 Å². The van der Waals surface area contributed by atoms with Gasteiger partial charge in [-0.3, -0.25) is 14.5 Å². The molecule has 0 aliphatic carbocycles. The fraction of sp³-hybridized carbons (Fsp3) is 0.263. The van der Waals surface area contributed by atoms with Crippen molar-refractivity contribution in [2.24, 2.45) is 0 Å². The Morgan fingerprint density at radius 1 is 1.11 bits per heavy atom. The third kappa shape index (κ3) is 3.59. The van der Waals surface area contributed by atoms with Crippen LogP contribution in [0.1, 0.15) is 21.9 Å². The van der Waals surface area contributed by atoms with Gasteiger partial charge in [0.15, 0.2) is 0 Å². The molecule has 3 heterocycles. The van der Waals surface area contributed by atoms with Gasteiger partial charge in [-0.25, -0.2) is 4.98 Å². The standard InChI is InChI=1S/C19H19N5O3/c1-26-18-16(20-7-8-21-18)12-23-9-10-24-17(19(23)25)11-14(22-24)13-27-15-5-3-2-4-6-15/h2-8,11H,9-10,12-13H2,1H3. The van der Waals surface area contributed by atoms with E-state index in [1.165, 1.54) is 0 Å². The summed E-state index contributed by atoms with van der Waals surface area (Å²) in [5.41, 5.74) is 1.91. The van der Waals surface area contributed by atoms with E-state index in [1.54, 1.807) is 35.2 Å². The van der Waals surface area contributed by atoms with Gasteiger partial charge < -0.3 is 14.4 Å². The number of rotatable bonds is 6. The zero-order valence-corrected chi connectivity index (χ0v) is 14.9. The van der Waals surface area contributed by atoms with Gasteiger partial charge in [0.2, 0.25) is 5.88 Å². The van der Waals surface area contributed by atoms with E-state index in [4.69, 9.17) is 9.47 Å². The lowest BCUT2D eigenvalue weighted by atomic mass is 10.2. The van der Waals surface area contributed by atoms with E-state index in [-0.39, 0.29) is 5.91 Å². The van der Waals surface area contributed by atoms with Gasteiger partial charge in [-0.05, 0) is 18.2 Å². The highest BCUT2D eigenvalue weighted by Crippen LogP contribution is 2.20. The highest BCUT2D eigenvalue weighted by Gasteiger charge is 2.27. The van der Waals surface area contributed by atoms with Gasteiger partial charge in [-0.1, -0.05) is 18.2 Å². The molecule has 1 aliphatic heterocycles. The van der Waals surface area contributed by atoms with Crippen molar-refractivity contribution in [2.75, 3.05) is 13.7 Å². The summed E-state index contributed by atoms with van der Waals surface area (Å²) < 4.78 is 12.7. The fourth-order valence-corrected chi connectivity index (χ4v) is 3.00. The number of amides is 1. The zero-order chi connectivity index (χ0) is 18.6. The van der Waals surface area contributed by atoms with E-state index in [9.17, 15) is 4.79 Å². The lowest BCUT2D eigenvalue weighted by molar-refractivity contribution is 0.0679. The number of hydrogen-bond acceptors (Lipinski definition) is 6. The van der Waals surface area contributed by atoms with Crippen molar-refractivity contribution in [3.05, 3.63) is 65.9 Å². The van der Waals surface area contributed by atoms with Crippen LogP contribution in [0.25, 0.3) is 0 Å².